The second-order valence-corrected chi connectivity index (χ2v) is 8.33. The van der Waals surface area contributed by atoms with E-state index in [1.165, 1.54) is 18.2 Å². The maximum absolute atomic E-state index is 13.1. The van der Waals surface area contributed by atoms with Gasteiger partial charge in [0.1, 0.15) is 11.6 Å². The molecule has 166 valence electrons. The number of ether oxygens (including phenoxy) is 1. The molecule has 1 saturated heterocycles. The van der Waals surface area contributed by atoms with E-state index in [0.29, 0.717) is 30.9 Å². The van der Waals surface area contributed by atoms with Gasteiger partial charge in [0.05, 0.1) is 11.4 Å². The first-order valence-electron chi connectivity index (χ1n) is 10.1. The number of rotatable bonds is 7. The minimum atomic E-state index is -0.943. The van der Waals surface area contributed by atoms with E-state index in [-0.39, 0.29) is 41.9 Å². The first-order valence-corrected chi connectivity index (χ1v) is 10.5. The normalized spacial score (nSPS) is 19.3. The van der Waals surface area contributed by atoms with Gasteiger partial charge in [-0.1, -0.05) is 29.8 Å². The van der Waals surface area contributed by atoms with Gasteiger partial charge >= 0.3 is 5.97 Å². The minimum Gasteiger partial charge on any atom is -0.482 e. The molecule has 0 radical (unpaired) electrons. The van der Waals surface area contributed by atoms with Crippen LogP contribution >= 0.6 is 11.6 Å². The molecule has 0 bridgehead atoms. The number of amides is 1. The van der Waals surface area contributed by atoms with Crippen LogP contribution in [0.4, 0.5) is 4.39 Å². The van der Waals surface area contributed by atoms with Gasteiger partial charge in [-0.25, -0.2) is 4.39 Å². The summed E-state index contributed by atoms with van der Waals surface area (Å²) in [7, 11) is 0. The molecule has 0 spiro atoms. The molecular formula is C23H26ClFN2O4. The van der Waals surface area contributed by atoms with Crippen molar-refractivity contribution >= 4 is 23.5 Å². The maximum atomic E-state index is 13.1. The molecule has 1 aliphatic rings. The van der Waals surface area contributed by atoms with Crippen LogP contribution in [0.15, 0.2) is 42.5 Å². The Hall–Kier alpha value is -2.64. The number of carboxylic acid groups (broad SMARTS) is 1. The van der Waals surface area contributed by atoms with Crippen molar-refractivity contribution in [3.05, 3.63) is 64.4 Å². The monoisotopic (exact) mass is 448 g/mol. The van der Waals surface area contributed by atoms with Crippen molar-refractivity contribution in [2.24, 2.45) is 0 Å². The third kappa shape index (κ3) is 6.18. The van der Waals surface area contributed by atoms with Crippen molar-refractivity contribution in [1.29, 1.82) is 0 Å². The molecule has 3 rings (SSSR count). The van der Waals surface area contributed by atoms with Crippen molar-refractivity contribution in [2.75, 3.05) is 19.7 Å². The van der Waals surface area contributed by atoms with Gasteiger partial charge in [-0.3, -0.25) is 14.5 Å². The van der Waals surface area contributed by atoms with Crippen molar-refractivity contribution in [2.45, 2.75) is 38.9 Å². The van der Waals surface area contributed by atoms with E-state index in [4.69, 9.17) is 21.4 Å². The van der Waals surface area contributed by atoms with Crippen LogP contribution in [0.25, 0.3) is 0 Å². The fraction of sp³-hybridized carbons (Fsp3) is 0.391. The first kappa shape index (κ1) is 23.0. The summed E-state index contributed by atoms with van der Waals surface area (Å²) < 4.78 is 18.7. The zero-order valence-corrected chi connectivity index (χ0v) is 18.3. The summed E-state index contributed by atoms with van der Waals surface area (Å²) in [6.45, 7) is 5.88. The lowest BCUT2D eigenvalue weighted by atomic mass is 10.1. The molecule has 8 heteroatoms. The van der Waals surface area contributed by atoms with Gasteiger partial charge in [-0.05, 0) is 49.2 Å². The highest BCUT2D eigenvalue weighted by molar-refractivity contribution is 6.32. The Morgan fingerprint density at radius 1 is 1.10 bits per heavy atom. The quantitative estimate of drug-likeness (QED) is 0.700. The van der Waals surface area contributed by atoms with Crippen LogP contribution in [0.5, 0.6) is 5.75 Å². The number of carbonyl (C=O) groups is 2. The predicted molar refractivity (Wildman–Crippen MR) is 116 cm³/mol. The zero-order chi connectivity index (χ0) is 22.5. The van der Waals surface area contributed by atoms with E-state index in [0.717, 1.165) is 5.56 Å². The standard InChI is InChI=1S/C23H26ClFN2O4/c1-15-12-27(16(2)11-26(15)13-17-3-6-19(25)7-4-17)22(28)14-31-21-8-5-18(9-20(21)24)10-23(29)30/h3-9,15-16H,10-14H2,1-2H3,(H,29,30)/t15-,16+/m0/s1. The molecule has 6 nitrogen and oxygen atoms in total. The van der Waals surface area contributed by atoms with Crippen LogP contribution in [0, 0.1) is 5.82 Å². The summed E-state index contributed by atoms with van der Waals surface area (Å²) in [5.41, 5.74) is 1.60. The molecule has 1 amide bonds. The van der Waals surface area contributed by atoms with Crippen LogP contribution in [0.2, 0.25) is 5.02 Å². The summed E-state index contributed by atoms with van der Waals surface area (Å²) in [4.78, 5) is 27.7. The molecule has 2 aromatic rings. The Kier molecular flexibility index (Phi) is 7.51. The van der Waals surface area contributed by atoms with Crippen LogP contribution in [-0.2, 0) is 22.6 Å². The molecule has 0 aromatic heterocycles. The number of halogens is 2. The van der Waals surface area contributed by atoms with Gasteiger partial charge < -0.3 is 14.7 Å². The Labute approximate surface area is 186 Å². The van der Waals surface area contributed by atoms with Gasteiger partial charge in [0.15, 0.2) is 6.61 Å². The van der Waals surface area contributed by atoms with E-state index in [1.807, 2.05) is 6.92 Å². The summed E-state index contributed by atoms with van der Waals surface area (Å²) >= 11 is 6.17. The SMILES string of the molecule is C[C@@H]1CN(Cc2ccc(F)cc2)[C@@H](C)CN1C(=O)COc1ccc(CC(=O)O)cc1Cl. The van der Waals surface area contributed by atoms with Crippen molar-refractivity contribution in [3.8, 4) is 5.75 Å². The third-order valence-electron chi connectivity index (χ3n) is 5.44. The average Bonchev–Trinajstić information content (AvgIpc) is 2.71. The fourth-order valence-electron chi connectivity index (χ4n) is 3.76. The van der Waals surface area contributed by atoms with E-state index < -0.39 is 5.97 Å². The Balaban J connectivity index is 1.55. The predicted octanol–water partition coefficient (Wildman–Crippen LogP) is 3.61. The van der Waals surface area contributed by atoms with Gasteiger partial charge in [0.2, 0.25) is 0 Å². The van der Waals surface area contributed by atoms with Crippen LogP contribution in [0.3, 0.4) is 0 Å². The van der Waals surface area contributed by atoms with Crippen molar-refractivity contribution < 1.29 is 23.8 Å². The number of nitrogens with zero attached hydrogens (tertiary/aromatic N) is 2. The summed E-state index contributed by atoms with van der Waals surface area (Å²) in [6.07, 6.45) is -0.128. The molecule has 1 aliphatic heterocycles. The molecule has 2 atom stereocenters. The van der Waals surface area contributed by atoms with Crippen LogP contribution in [0.1, 0.15) is 25.0 Å². The molecule has 1 N–H and O–H groups in total. The highest BCUT2D eigenvalue weighted by Crippen LogP contribution is 2.26. The second kappa shape index (κ2) is 10.1. The highest BCUT2D eigenvalue weighted by atomic mass is 35.5. The minimum absolute atomic E-state index is 0.00108. The summed E-state index contributed by atoms with van der Waals surface area (Å²) in [6, 6.07) is 11.4. The zero-order valence-electron chi connectivity index (χ0n) is 17.6. The summed E-state index contributed by atoms with van der Waals surface area (Å²) in [5.74, 6) is -0.981. The van der Waals surface area contributed by atoms with E-state index in [1.54, 1.807) is 29.2 Å². The van der Waals surface area contributed by atoms with Crippen LogP contribution < -0.4 is 4.74 Å². The molecule has 2 aromatic carbocycles. The van der Waals surface area contributed by atoms with Gasteiger partial charge in [-0.2, -0.15) is 0 Å². The largest absolute Gasteiger partial charge is 0.482 e. The topological polar surface area (TPSA) is 70.1 Å². The van der Waals surface area contributed by atoms with E-state index >= 15 is 0 Å². The van der Waals surface area contributed by atoms with Crippen molar-refractivity contribution in [3.63, 3.8) is 0 Å². The number of aliphatic carboxylic acids is 1. The molecule has 31 heavy (non-hydrogen) atoms. The fourth-order valence-corrected chi connectivity index (χ4v) is 4.02. The molecular weight excluding hydrogens is 423 g/mol. The third-order valence-corrected chi connectivity index (χ3v) is 5.73. The Morgan fingerprint density at radius 3 is 2.42 bits per heavy atom. The molecule has 0 saturated carbocycles. The molecule has 1 heterocycles. The number of hydrogen-bond donors (Lipinski definition) is 1. The van der Waals surface area contributed by atoms with Crippen LogP contribution in [-0.4, -0.2) is 58.6 Å². The number of benzene rings is 2. The smallest absolute Gasteiger partial charge is 0.307 e. The van der Waals surface area contributed by atoms with E-state index in [2.05, 4.69) is 11.8 Å². The first-order chi connectivity index (χ1) is 14.7. The maximum Gasteiger partial charge on any atom is 0.307 e. The lowest BCUT2D eigenvalue weighted by Gasteiger charge is -2.44. The summed E-state index contributed by atoms with van der Waals surface area (Å²) in [5, 5.41) is 9.14. The number of carboxylic acids is 1. The molecule has 1 fully saturated rings. The molecule has 0 unspecified atom stereocenters. The highest BCUT2D eigenvalue weighted by Gasteiger charge is 2.32. The lowest BCUT2D eigenvalue weighted by Crippen LogP contribution is -2.58. The average molecular weight is 449 g/mol. The second-order valence-electron chi connectivity index (χ2n) is 7.92. The van der Waals surface area contributed by atoms with Crippen molar-refractivity contribution in [1.82, 2.24) is 9.80 Å². The Morgan fingerprint density at radius 2 is 1.77 bits per heavy atom. The van der Waals surface area contributed by atoms with Gasteiger partial charge in [0, 0.05) is 31.7 Å². The molecule has 0 aliphatic carbocycles. The van der Waals surface area contributed by atoms with Gasteiger partial charge in [0.25, 0.3) is 5.91 Å². The lowest BCUT2D eigenvalue weighted by molar-refractivity contribution is -0.139. The van der Waals surface area contributed by atoms with Gasteiger partial charge in [-0.15, -0.1) is 0 Å². The van der Waals surface area contributed by atoms with E-state index in [9.17, 15) is 14.0 Å². The number of piperazine rings is 1. The number of hydrogen-bond acceptors (Lipinski definition) is 4. The number of carbonyl (C=O) groups excluding carboxylic acids is 1. The Bertz CT molecular complexity index is 938.